The number of ketones is 1. The topological polar surface area (TPSA) is 44.4 Å². The minimum absolute atomic E-state index is 0.0565. The molecular formula is C12H23N3O. The Morgan fingerprint density at radius 1 is 1.44 bits per heavy atom. The van der Waals surface area contributed by atoms with E-state index in [1.54, 1.807) is 0 Å². The molecule has 0 radical (unpaired) electrons. The summed E-state index contributed by atoms with van der Waals surface area (Å²) in [5.74, 6) is 0.975. The fraction of sp³-hybridized carbons (Fsp3) is 0.917. The van der Waals surface area contributed by atoms with E-state index in [0.717, 1.165) is 32.6 Å². The highest BCUT2D eigenvalue weighted by atomic mass is 16.1. The van der Waals surface area contributed by atoms with E-state index in [0.29, 0.717) is 11.7 Å². The molecule has 16 heavy (non-hydrogen) atoms. The van der Waals surface area contributed by atoms with Gasteiger partial charge in [0.05, 0.1) is 6.04 Å². The monoisotopic (exact) mass is 225 g/mol. The van der Waals surface area contributed by atoms with Gasteiger partial charge in [0, 0.05) is 32.6 Å². The average molecular weight is 225 g/mol. The third-order valence-corrected chi connectivity index (χ3v) is 3.64. The van der Waals surface area contributed by atoms with Crippen molar-refractivity contribution < 1.29 is 4.79 Å². The summed E-state index contributed by atoms with van der Waals surface area (Å²) in [6.07, 6.45) is 3.21. The van der Waals surface area contributed by atoms with E-state index >= 15 is 0 Å². The predicted octanol–water partition coefficient (Wildman–Crippen LogP) is -0.151. The van der Waals surface area contributed by atoms with Crippen LogP contribution >= 0.6 is 0 Å². The van der Waals surface area contributed by atoms with E-state index in [1.165, 1.54) is 19.4 Å². The molecule has 0 aliphatic carbocycles. The summed E-state index contributed by atoms with van der Waals surface area (Å²) in [5.41, 5.74) is 0. The van der Waals surface area contributed by atoms with E-state index in [9.17, 15) is 4.79 Å². The highest BCUT2D eigenvalue weighted by molar-refractivity contribution is 5.84. The molecule has 2 rings (SSSR count). The third-order valence-electron chi connectivity index (χ3n) is 3.64. The first-order valence-electron chi connectivity index (χ1n) is 6.41. The van der Waals surface area contributed by atoms with Crippen LogP contribution in [0, 0.1) is 5.92 Å². The van der Waals surface area contributed by atoms with Crippen LogP contribution in [0.25, 0.3) is 0 Å². The molecule has 2 fully saturated rings. The van der Waals surface area contributed by atoms with Gasteiger partial charge < -0.3 is 15.5 Å². The number of carbonyl (C=O) groups is 1. The number of nitrogens with one attached hydrogen (secondary N) is 2. The second-order valence-electron chi connectivity index (χ2n) is 5.15. The Bertz CT molecular complexity index is 238. The van der Waals surface area contributed by atoms with Crippen molar-refractivity contribution in [3.05, 3.63) is 0 Å². The molecule has 0 aromatic heterocycles. The van der Waals surface area contributed by atoms with Gasteiger partial charge in [0.2, 0.25) is 0 Å². The van der Waals surface area contributed by atoms with Gasteiger partial charge >= 0.3 is 0 Å². The van der Waals surface area contributed by atoms with Crippen LogP contribution in [0.15, 0.2) is 0 Å². The van der Waals surface area contributed by atoms with Gasteiger partial charge in [-0.1, -0.05) is 0 Å². The molecular weight excluding hydrogens is 202 g/mol. The van der Waals surface area contributed by atoms with Crippen LogP contribution in [0.3, 0.4) is 0 Å². The third kappa shape index (κ3) is 3.27. The van der Waals surface area contributed by atoms with Gasteiger partial charge in [0.1, 0.15) is 0 Å². The van der Waals surface area contributed by atoms with Crippen molar-refractivity contribution in [2.24, 2.45) is 5.92 Å². The smallest absolute Gasteiger partial charge is 0.151 e. The lowest BCUT2D eigenvalue weighted by atomic mass is 9.91. The average Bonchev–Trinajstić information content (AvgIpc) is 2.30. The summed E-state index contributed by atoms with van der Waals surface area (Å²) >= 11 is 0. The Hall–Kier alpha value is -0.450. The number of carbonyl (C=O) groups excluding carboxylic acids is 1. The quantitative estimate of drug-likeness (QED) is 0.701. The fourth-order valence-corrected chi connectivity index (χ4v) is 2.75. The Kier molecular flexibility index (Phi) is 4.32. The Labute approximate surface area is 97.8 Å². The predicted molar refractivity (Wildman–Crippen MR) is 64.5 cm³/mol. The molecule has 2 heterocycles. The largest absolute Gasteiger partial charge is 0.313 e. The molecule has 2 saturated heterocycles. The van der Waals surface area contributed by atoms with E-state index in [2.05, 4.69) is 22.6 Å². The van der Waals surface area contributed by atoms with Gasteiger partial charge in [0.15, 0.2) is 5.78 Å². The van der Waals surface area contributed by atoms with E-state index < -0.39 is 0 Å². The summed E-state index contributed by atoms with van der Waals surface area (Å²) in [5, 5.41) is 6.56. The van der Waals surface area contributed by atoms with E-state index in [4.69, 9.17) is 0 Å². The molecule has 2 aliphatic rings. The zero-order valence-electron chi connectivity index (χ0n) is 10.2. The highest BCUT2D eigenvalue weighted by Gasteiger charge is 2.25. The van der Waals surface area contributed by atoms with Crippen LogP contribution < -0.4 is 10.6 Å². The standard InChI is InChI=1S/C12H23N3O/c1-15-6-2-3-10(9-15)7-12(16)11-8-13-4-5-14-11/h10-11,13-14H,2-9H2,1H3. The number of piperidine rings is 1. The number of hydrogen-bond donors (Lipinski definition) is 2. The number of piperazine rings is 1. The number of Topliss-reactive ketones (excluding diaryl/α,β-unsaturated/α-hetero) is 1. The van der Waals surface area contributed by atoms with Gasteiger partial charge in [-0.3, -0.25) is 4.79 Å². The van der Waals surface area contributed by atoms with Gasteiger partial charge in [-0.15, -0.1) is 0 Å². The lowest BCUT2D eigenvalue weighted by Crippen LogP contribution is -2.52. The second kappa shape index (κ2) is 5.75. The van der Waals surface area contributed by atoms with Gasteiger partial charge in [0.25, 0.3) is 0 Å². The molecule has 0 saturated carbocycles. The van der Waals surface area contributed by atoms with Crippen molar-refractivity contribution >= 4 is 5.78 Å². The fourth-order valence-electron chi connectivity index (χ4n) is 2.75. The second-order valence-corrected chi connectivity index (χ2v) is 5.15. The maximum absolute atomic E-state index is 12.1. The first-order chi connectivity index (χ1) is 7.75. The molecule has 92 valence electrons. The van der Waals surface area contributed by atoms with Crippen LogP contribution in [0.5, 0.6) is 0 Å². The number of nitrogens with zero attached hydrogens (tertiary/aromatic N) is 1. The maximum atomic E-state index is 12.1. The van der Waals surface area contributed by atoms with Crippen molar-refractivity contribution in [2.45, 2.75) is 25.3 Å². The van der Waals surface area contributed by atoms with Crippen LogP contribution in [-0.4, -0.2) is 56.5 Å². The van der Waals surface area contributed by atoms with Crippen molar-refractivity contribution in [2.75, 3.05) is 39.8 Å². The van der Waals surface area contributed by atoms with Crippen molar-refractivity contribution in [3.8, 4) is 0 Å². The lowest BCUT2D eigenvalue weighted by molar-refractivity contribution is -0.122. The number of rotatable bonds is 3. The lowest BCUT2D eigenvalue weighted by Gasteiger charge is -2.31. The molecule has 2 N–H and O–H groups in total. The van der Waals surface area contributed by atoms with Crippen LogP contribution in [0.2, 0.25) is 0 Å². The zero-order valence-corrected chi connectivity index (χ0v) is 10.2. The minimum atomic E-state index is 0.0565. The molecule has 2 atom stereocenters. The normalized spacial score (nSPS) is 32.6. The molecule has 2 unspecified atom stereocenters. The van der Waals surface area contributed by atoms with Gasteiger partial charge in [-0.2, -0.15) is 0 Å². The maximum Gasteiger partial charge on any atom is 0.151 e. The van der Waals surface area contributed by atoms with Crippen LogP contribution in [0.4, 0.5) is 0 Å². The molecule has 4 nitrogen and oxygen atoms in total. The van der Waals surface area contributed by atoms with Crippen LogP contribution in [-0.2, 0) is 4.79 Å². The summed E-state index contributed by atoms with van der Waals surface area (Å²) in [4.78, 5) is 14.4. The summed E-state index contributed by atoms with van der Waals surface area (Å²) in [7, 11) is 2.15. The molecule has 0 aromatic rings. The number of hydrogen-bond acceptors (Lipinski definition) is 4. The van der Waals surface area contributed by atoms with Gasteiger partial charge in [-0.25, -0.2) is 0 Å². The molecule has 2 aliphatic heterocycles. The molecule has 0 bridgehead atoms. The van der Waals surface area contributed by atoms with Crippen molar-refractivity contribution in [1.82, 2.24) is 15.5 Å². The Morgan fingerprint density at radius 3 is 3.00 bits per heavy atom. The molecule has 4 heteroatoms. The SMILES string of the molecule is CN1CCCC(CC(=O)C2CNCCN2)C1. The summed E-state index contributed by atoms with van der Waals surface area (Å²) in [6, 6.07) is 0.0565. The van der Waals surface area contributed by atoms with Crippen LogP contribution in [0.1, 0.15) is 19.3 Å². The van der Waals surface area contributed by atoms with Crippen molar-refractivity contribution in [1.29, 1.82) is 0 Å². The summed E-state index contributed by atoms with van der Waals surface area (Å²) < 4.78 is 0. The van der Waals surface area contributed by atoms with Gasteiger partial charge in [-0.05, 0) is 32.4 Å². The molecule has 0 amide bonds. The van der Waals surface area contributed by atoms with E-state index in [1.807, 2.05) is 0 Å². The highest BCUT2D eigenvalue weighted by Crippen LogP contribution is 2.19. The zero-order chi connectivity index (χ0) is 11.4. The van der Waals surface area contributed by atoms with Crippen molar-refractivity contribution in [3.63, 3.8) is 0 Å². The Morgan fingerprint density at radius 2 is 2.31 bits per heavy atom. The minimum Gasteiger partial charge on any atom is -0.313 e. The first kappa shape index (κ1) is 12.0. The Balaban J connectivity index is 1.77. The number of likely N-dealkylation sites (tertiary alicyclic amines) is 1. The molecule has 0 spiro atoms. The summed E-state index contributed by atoms with van der Waals surface area (Å²) in [6.45, 7) is 4.98. The van der Waals surface area contributed by atoms with E-state index in [-0.39, 0.29) is 6.04 Å². The first-order valence-corrected chi connectivity index (χ1v) is 6.41. The molecule has 0 aromatic carbocycles.